The maximum absolute atomic E-state index is 10.4. The summed E-state index contributed by atoms with van der Waals surface area (Å²) in [6.45, 7) is -0.501. The van der Waals surface area contributed by atoms with Crippen LogP contribution in [0.5, 0.6) is 5.75 Å². The Kier molecular flexibility index (Phi) is 5.64. The number of hydrogen-bond acceptors (Lipinski definition) is 7. The van der Waals surface area contributed by atoms with Gasteiger partial charge in [-0.15, -0.1) is 11.8 Å². The lowest BCUT2D eigenvalue weighted by molar-refractivity contribution is -0.232. The Morgan fingerprint density at radius 2 is 1.79 bits per heavy atom. The Hall–Kier alpha value is -1.61. The molecular weight excluding hydrogens is 380 g/mol. The smallest absolute Gasteiger partial charge is 0.121 e. The van der Waals surface area contributed by atoms with E-state index in [0.29, 0.717) is 10.8 Å². The zero-order valence-electron chi connectivity index (χ0n) is 15.2. The van der Waals surface area contributed by atoms with Crippen LogP contribution in [0.2, 0.25) is 0 Å². The van der Waals surface area contributed by atoms with E-state index in [2.05, 4.69) is 12.1 Å². The van der Waals surface area contributed by atoms with Crippen molar-refractivity contribution in [3.05, 3.63) is 59.2 Å². The first-order valence-electron chi connectivity index (χ1n) is 9.34. The van der Waals surface area contributed by atoms with Gasteiger partial charge in [0.05, 0.1) is 6.61 Å². The molecule has 1 saturated heterocycles. The first-order valence-corrected chi connectivity index (χ1v) is 10.2. The van der Waals surface area contributed by atoms with E-state index in [4.69, 9.17) is 4.74 Å². The van der Waals surface area contributed by atoms with Crippen LogP contribution < -0.4 is 0 Å². The number of benzene rings is 2. The number of rotatable bonds is 4. The monoisotopic (exact) mass is 404 g/mol. The minimum Gasteiger partial charge on any atom is -0.508 e. The molecule has 28 heavy (non-hydrogen) atoms. The Morgan fingerprint density at radius 1 is 1.00 bits per heavy atom. The number of phenolic OH excluding ortho intramolecular Hbond substituents is 1. The summed E-state index contributed by atoms with van der Waals surface area (Å²) in [4.78, 5) is 1.29. The summed E-state index contributed by atoms with van der Waals surface area (Å²) in [5, 5.41) is 50.4. The standard InChI is InChI=1S/C21H24O6S/c22-10-16-18(24)19(25)20(26)21(27-16)14-8-11(5-6-15(14)23)7-13-9-12-3-1-2-4-17(12)28-13/h1-6,8,13,16,18-26H,7,9-10H2/t13?,16?,18-,19?,20-,21?/m1/s1. The van der Waals surface area contributed by atoms with Crippen molar-refractivity contribution in [3.63, 3.8) is 0 Å². The largest absolute Gasteiger partial charge is 0.508 e. The lowest BCUT2D eigenvalue weighted by atomic mass is 9.89. The van der Waals surface area contributed by atoms with Gasteiger partial charge < -0.3 is 30.3 Å². The van der Waals surface area contributed by atoms with Crippen molar-refractivity contribution in [1.29, 1.82) is 0 Å². The third-order valence-corrected chi connectivity index (χ3v) is 6.79. The van der Waals surface area contributed by atoms with E-state index in [-0.39, 0.29) is 5.75 Å². The van der Waals surface area contributed by atoms with E-state index >= 15 is 0 Å². The van der Waals surface area contributed by atoms with Crippen LogP contribution in [-0.4, -0.2) is 61.8 Å². The van der Waals surface area contributed by atoms with Crippen molar-refractivity contribution in [1.82, 2.24) is 0 Å². The molecule has 0 amide bonds. The van der Waals surface area contributed by atoms with E-state index in [1.165, 1.54) is 10.5 Å². The van der Waals surface area contributed by atoms with Gasteiger partial charge in [-0.2, -0.15) is 0 Å². The van der Waals surface area contributed by atoms with Gasteiger partial charge >= 0.3 is 0 Å². The summed E-state index contributed by atoms with van der Waals surface area (Å²) in [5.41, 5.74) is 2.66. The van der Waals surface area contributed by atoms with Crippen LogP contribution in [0.15, 0.2) is 47.4 Å². The molecule has 6 nitrogen and oxygen atoms in total. The molecule has 2 aliphatic rings. The molecule has 0 aromatic heterocycles. The van der Waals surface area contributed by atoms with Crippen molar-refractivity contribution < 1.29 is 30.3 Å². The van der Waals surface area contributed by atoms with Crippen molar-refractivity contribution in [2.75, 3.05) is 6.61 Å². The minimum atomic E-state index is -1.47. The average Bonchev–Trinajstić information content (AvgIpc) is 3.10. The number of aliphatic hydroxyl groups is 4. The van der Waals surface area contributed by atoms with Crippen LogP contribution in [-0.2, 0) is 17.6 Å². The highest BCUT2D eigenvalue weighted by Gasteiger charge is 2.44. The molecule has 150 valence electrons. The lowest BCUT2D eigenvalue weighted by Crippen LogP contribution is -2.55. The number of aliphatic hydroxyl groups excluding tert-OH is 4. The van der Waals surface area contributed by atoms with E-state index in [1.54, 1.807) is 12.1 Å². The highest BCUT2D eigenvalue weighted by molar-refractivity contribution is 8.00. The van der Waals surface area contributed by atoms with Gasteiger partial charge in [0.15, 0.2) is 0 Å². The first kappa shape index (κ1) is 19.7. The highest BCUT2D eigenvalue weighted by atomic mass is 32.2. The third-order valence-electron chi connectivity index (χ3n) is 5.47. The average molecular weight is 404 g/mol. The SMILES string of the molecule is OCC1OC(c2cc(CC3Cc4ccccc4S3)ccc2O)[C@H](O)C(O)[C@@H]1O. The summed E-state index contributed by atoms with van der Waals surface area (Å²) in [7, 11) is 0. The fourth-order valence-corrected chi connectivity index (χ4v) is 5.31. The molecule has 2 aromatic rings. The highest BCUT2D eigenvalue weighted by Crippen LogP contribution is 2.40. The molecule has 4 rings (SSSR count). The number of hydrogen-bond donors (Lipinski definition) is 5. The molecule has 0 spiro atoms. The molecule has 5 N–H and O–H groups in total. The van der Waals surface area contributed by atoms with E-state index in [1.807, 2.05) is 30.0 Å². The normalized spacial score (nSPS) is 32.3. The second-order valence-corrected chi connectivity index (χ2v) is 8.74. The Labute approximate surface area is 167 Å². The van der Waals surface area contributed by atoms with Gasteiger partial charge in [0.25, 0.3) is 0 Å². The molecule has 2 aromatic carbocycles. The Morgan fingerprint density at radius 3 is 2.54 bits per heavy atom. The fraction of sp³-hybridized carbons (Fsp3) is 0.429. The quantitative estimate of drug-likeness (QED) is 0.520. The summed E-state index contributed by atoms with van der Waals surface area (Å²) >= 11 is 1.83. The van der Waals surface area contributed by atoms with Gasteiger partial charge in [0, 0.05) is 15.7 Å². The third kappa shape index (κ3) is 3.66. The molecule has 0 radical (unpaired) electrons. The second kappa shape index (κ2) is 8.02. The molecule has 0 aliphatic carbocycles. The predicted molar refractivity (Wildman–Crippen MR) is 104 cm³/mol. The molecule has 1 fully saturated rings. The van der Waals surface area contributed by atoms with E-state index in [9.17, 15) is 25.5 Å². The first-order chi connectivity index (χ1) is 13.5. The summed E-state index contributed by atoms with van der Waals surface area (Å²) in [6.07, 6.45) is -4.60. The van der Waals surface area contributed by atoms with Gasteiger partial charge in [-0.3, -0.25) is 0 Å². The Balaban J connectivity index is 1.54. The molecule has 6 atom stereocenters. The van der Waals surface area contributed by atoms with Crippen molar-refractivity contribution in [3.8, 4) is 5.75 Å². The maximum Gasteiger partial charge on any atom is 0.121 e. The van der Waals surface area contributed by atoms with E-state index in [0.717, 1.165) is 18.4 Å². The number of aromatic hydroxyl groups is 1. The van der Waals surface area contributed by atoms with Crippen LogP contribution in [0, 0.1) is 0 Å². The maximum atomic E-state index is 10.4. The van der Waals surface area contributed by atoms with Gasteiger partial charge in [0.1, 0.15) is 36.3 Å². The van der Waals surface area contributed by atoms with Crippen LogP contribution in [0.1, 0.15) is 22.8 Å². The summed E-state index contributed by atoms with van der Waals surface area (Å²) in [6, 6.07) is 13.5. The van der Waals surface area contributed by atoms with Crippen LogP contribution >= 0.6 is 11.8 Å². The van der Waals surface area contributed by atoms with Crippen molar-refractivity contribution >= 4 is 11.8 Å². The number of phenols is 1. The molecule has 0 saturated carbocycles. The predicted octanol–water partition coefficient (Wildman–Crippen LogP) is 1.17. The molecule has 4 unspecified atom stereocenters. The molecule has 7 heteroatoms. The summed E-state index contributed by atoms with van der Waals surface area (Å²) in [5.74, 6) is -0.0598. The topological polar surface area (TPSA) is 110 Å². The van der Waals surface area contributed by atoms with E-state index < -0.39 is 37.1 Å². The molecule has 0 bridgehead atoms. The van der Waals surface area contributed by atoms with Crippen molar-refractivity contribution in [2.24, 2.45) is 0 Å². The number of ether oxygens (including phenoxy) is 1. The van der Waals surface area contributed by atoms with Gasteiger partial charge in [-0.25, -0.2) is 0 Å². The van der Waals surface area contributed by atoms with Gasteiger partial charge in [-0.1, -0.05) is 24.3 Å². The zero-order chi connectivity index (χ0) is 19.8. The van der Waals surface area contributed by atoms with Crippen LogP contribution in [0.4, 0.5) is 0 Å². The molecule has 2 heterocycles. The number of thioether (sulfide) groups is 1. The zero-order valence-corrected chi connectivity index (χ0v) is 16.0. The van der Waals surface area contributed by atoms with Crippen LogP contribution in [0.3, 0.4) is 0 Å². The fourth-order valence-electron chi connectivity index (χ4n) is 3.95. The Bertz CT molecular complexity index is 816. The van der Waals surface area contributed by atoms with Crippen molar-refractivity contribution in [2.45, 2.75) is 53.5 Å². The van der Waals surface area contributed by atoms with Gasteiger partial charge in [-0.05, 0) is 42.2 Å². The van der Waals surface area contributed by atoms with Crippen LogP contribution in [0.25, 0.3) is 0 Å². The van der Waals surface area contributed by atoms with Gasteiger partial charge in [0.2, 0.25) is 0 Å². The molecular formula is C21H24O6S. The summed E-state index contributed by atoms with van der Waals surface area (Å²) < 4.78 is 5.60. The lowest BCUT2D eigenvalue weighted by Gasteiger charge is -2.40. The minimum absolute atomic E-state index is 0.0598. The molecule has 2 aliphatic heterocycles. The second-order valence-electron chi connectivity index (χ2n) is 7.40. The number of fused-ring (bicyclic) bond motifs is 1.